The minimum Gasteiger partial charge on any atom is -0.383 e. The van der Waals surface area contributed by atoms with Crippen LogP contribution in [0.2, 0.25) is 0 Å². The molecule has 1 unspecified atom stereocenters. The zero-order valence-corrected chi connectivity index (χ0v) is 13.0. The van der Waals surface area contributed by atoms with Gasteiger partial charge in [0.15, 0.2) is 10.8 Å². The number of rotatable bonds is 4. The molecule has 0 amide bonds. The van der Waals surface area contributed by atoms with E-state index in [1.54, 1.807) is 10.9 Å². The Morgan fingerprint density at radius 1 is 1.29 bits per heavy atom. The number of thioether (sulfide) groups is 1. The summed E-state index contributed by atoms with van der Waals surface area (Å²) in [6.45, 7) is 0.527. The number of nitrogen functional groups attached to an aromatic ring is 1. The van der Waals surface area contributed by atoms with Gasteiger partial charge in [0, 0.05) is 0 Å². The average Bonchev–Trinajstić information content (AvgIpc) is 2.91. The van der Waals surface area contributed by atoms with Gasteiger partial charge in [-0.25, -0.2) is 14.6 Å². The van der Waals surface area contributed by atoms with Crippen LogP contribution in [-0.2, 0) is 6.54 Å². The van der Waals surface area contributed by atoms with Crippen LogP contribution in [0, 0.1) is 0 Å². The number of fused-ring (bicyclic) bond motifs is 1. The maximum absolute atomic E-state index is 6.47. The molecule has 0 aliphatic rings. The van der Waals surface area contributed by atoms with Crippen molar-refractivity contribution in [2.75, 3.05) is 12.0 Å². The van der Waals surface area contributed by atoms with Crippen molar-refractivity contribution in [2.45, 2.75) is 17.1 Å². The third-order valence-electron chi connectivity index (χ3n) is 3.18. The van der Waals surface area contributed by atoms with Gasteiger partial charge in [-0.05, 0) is 11.8 Å². The summed E-state index contributed by atoms with van der Waals surface area (Å²) in [7, 11) is 0. The average molecular weight is 320 g/mol. The van der Waals surface area contributed by atoms with Crippen LogP contribution >= 0.6 is 23.4 Å². The van der Waals surface area contributed by atoms with Crippen molar-refractivity contribution in [1.82, 2.24) is 19.7 Å². The Bertz CT molecular complexity index is 759. The summed E-state index contributed by atoms with van der Waals surface area (Å²) in [5.41, 5.74) is 7.70. The van der Waals surface area contributed by atoms with E-state index in [4.69, 9.17) is 17.3 Å². The summed E-state index contributed by atoms with van der Waals surface area (Å²) >= 11 is 7.92. The van der Waals surface area contributed by atoms with Crippen molar-refractivity contribution < 1.29 is 0 Å². The minimum atomic E-state index is -0.178. The lowest BCUT2D eigenvalue weighted by molar-refractivity contribution is 0.613. The molecule has 1 atom stereocenters. The number of alkyl halides is 1. The fraction of sp³-hybridized carbons (Fsp3) is 0.214. The van der Waals surface area contributed by atoms with E-state index in [2.05, 4.69) is 15.1 Å². The molecular weight excluding hydrogens is 306 g/mol. The number of nitrogens with two attached hydrogens (primary N) is 1. The molecule has 2 heterocycles. The molecule has 0 saturated heterocycles. The summed E-state index contributed by atoms with van der Waals surface area (Å²) in [5.74, 6) is 0.446. The summed E-state index contributed by atoms with van der Waals surface area (Å²) in [6.07, 6.45) is 3.60. The van der Waals surface area contributed by atoms with Crippen LogP contribution in [0.5, 0.6) is 0 Å². The molecular formula is C14H14ClN5S. The van der Waals surface area contributed by atoms with E-state index >= 15 is 0 Å². The van der Waals surface area contributed by atoms with E-state index in [9.17, 15) is 0 Å². The molecule has 21 heavy (non-hydrogen) atoms. The molecule has 2 aromatic heterocycles. The molecule has 108 valence electrons. The van der Waals surface area contributed by atoms with Crippen molar-refractivity contribution in [3.63, 3.8) is 0 Å². The van der Waals surface area contributed by atoms with E-state index in [1.807, 2.05) is 36.6 Å². The molecule has 0 radical (unpaired) electrons. The lowest BCUT2D eigenvalue weighted by atomic mass is 10.1. The van der Waals surface area contributed by atoms with Crippen LogP contribution in [0.25, 0.3) is 11.0 Å². The number of nitrogens with zero attached hydrogens (tertiary/aromatic N) is 4. The van der Waals surface area contributed by atoms with Gasteiger partial charge in [-0.2, -0.15) is 5.10 Å². The van der Waals surface area contributed by atoms with Gasteiger partial charge in [-0.1, -0.05) is 42.1 Å². The van der Waals surface area contributed by atoms with E-state index in [0.29, 0.717) is 23.2 Å². The van der Waals surface area contributed by atoms with Crippen LogP contribution in [0.3, 0.4) is 0 Å². The molecule has 0 aliphatic carbocycles. The predicted molar refractivity (Wildman–Crippen MR) is 86.6 cm³/mol. The van der Waals surface area contributed by atoms with Crippen molar-refractivity contribution in [3.8, 4) is 0 Å². The molecule has 3 aromatic rings. The Morgan fingerprint density at radius 3 is 2.76 bits per heavy atom. The Labute approximate surface area is 131 Å². The minimum absolute atomic E-state index is 0.178. The number of anilines is 1. The number of aromatic nitrogens is 4. The number of hydrogen-bond acceptors (Lipinski definition) is 5. The highest BCUT2D eigenvalue weighted by Gasteiger charge is 2.14. The first kappa shape index (κ1) is 14.2. The van der Waals surface area contributed by atoms with Crippen LogP contribution < -0.4 is 5.73 Å². The van der Waals surface area contributed by atoms with Gasteiger partial charge in [0.05, 0.1) is 23.5 Å². The second-order valence-electron chi connectivity index (χ2n) is 4.54. The highest BCUT2D eigenvalue weighted by atomic mass is 35.5. The highest BCUT2D eigenvalue weighted by molar-refractivity contribution is 7.98. The van der Waals surface area contributed by atoms with Gasteiger partial charge < -0.3 is 5.73 Å². The van der Waals surface area contributed by atoms with Crippen LogP contribution in [-0.4, -0.2) is 26.0 Å². The number of benzene rings is 1. The Kier molecular flexibility index (Phi) is 3.98. The van der Waals surface area contributed by atoms with Crippen LogP contribution in [0.1, 0.15) is 10.9 Å². The summed E-state index contributed by atoms with van der Waals surface area (Å²) in [5, 5.41) is 5.55. The van der Waals surface area contributed by atoms with Crippen molar-refractivity contribution in [2.24, 2.45) is 0 Å². The summed E-state index contributed by atoms with van der Waals surface area (Å²) < 4.78 is 1.78. The first-order chi connectivity index (χ1) is 10.2. The SMILES string of the molecule is CSc1nc(N)c2cnn(CC(Cl)c3ccccc3)c2n1. The molecule has 3 rings (SSSR count). The largest absolute Gasteiger partial charge is 0.383 e. The third-order valence-corrected chi connectivity index (χ3v) is 4.12. The van der Waals surface area contributed by atoms with Crippen LogP contribution in [0.15, 0.2) is 41.7 Å². The zero-order chi connectivity index (χ0) is 14.8. The van der Waals surface area contributed by atoms with Crippen molar-refractivity contribution in [3.05, 3.63) is 42.1 Å². The molecule has 0 bridgehead atoms. The van der Waals surface area contributed by atoms with Crippen LogP contribution in [0.4, 0.5) is 5.82 Å². The molecule has 0 spiro atoms. The molecule has 0 fully saturated rings. The maximum Gasteiger partial charge on any atom is 0.191 e. The van der Waals surface area contributed by atoms with Crippen molar-refractivity contribution >= 4 is 40.2 Å². The number of halogens is 1. The smallest absolute Gasteiger partial charge is 0.191 e. The van der Waals surface area contributed by atoms with Gasteiger partial charge in [0.1, 0.15) is 5.82 Å². The number of hydrogen-bond donors (Lipinski definition) is 1. The monoisotopic (exact) mass is 319 g/mol. The van der Waals surface area contributed by atoms with Crippen molar-refractivity contribution in [1.29, 1.82) is 0 Å². The van der Waals surface area contributed by atoms with Gasteiger partial charge in [-0.15, -0.1) is 11.6 Å². The predicted octanol–water partition coefficient (Wildman–Crippen LogP) is 3.11. The fourth-order valence-corrected chi connectivity index (χ4v) is 2.74. The Hall–Kier alpha value is -1.79. The second kappa shape index (κ2) is 5.91. The standard InChI is InChI=1S/C14H14ClN5S/c1-21-14-18-12(16)10-7-17-20(13(10)19-14)8-11(15)9-5-3-2-4-6-9/h2-7,11H,8H2,1H3,(H2,16,18,19). The quantitative estimate of drug-likeness (QED) is 0.454. The molecule has 0 aliphatic heterocycles. The fourth-order valence-electron chi connectivity index (χ4n) is 2.10. The normalized spacial score (nSPS) is 12.7. The molecule has 0 saturated carbocycles. The van der Waals surface area contributed by atoms with E-state index in [-0.39, 0.29) is 5.38 Å². The van der Waals surface area contributed by atoms with E-state index in [1.165, 1.54) is 11.8 Å². The maximum atomic E-state index is 6.47. The van der Waals surface area contributed by atoms with Gasteiger partial charge in [0.2, 0.25) is 0 Å². The summed E-state index contributed by atoms with van der Waals surface area (Å²) in [6, 6.07) is 9.91. The second-order valence-corrected chi connectivity index (χ2v) is 5.84. The van der Waals surface area contributed by atoms with E-state index in [0.717, 1.165) is 10.9 Å². The summed E-state index contributed by atoms with van der Waals surface area (Å²) in [4.78, 5) is 8.69. The Morgan fingerprint density at radius 2 is 2.05 bits per heavy atom. The topological polar surface area (TPSA) is 69.6 Å². The zero-order valence-electron chi connectivity index (χ0n) is 11.4. The van der Waals surface area contributed by atoms with Gasteiger partial charge in [-0.3, -0.25) is 0 Å². The lowest BCUT2D eigenvalue weighted by Crippen LogP contribution is -2.07. The Balaban J connectivity index is 1.96. The van der Waals surface area contributed by atoms with Gasteiger partial charge in [0.25, 0.3) is 0 Å². The highest BCUT2D eigenvalue weighted by Crippen LogP contribution is 2.26. The molecule has 2 N–H and O–H groups in total. The third kappa shape index (κ3) is 2.82. The lowest BCUT2D eigenvalue weighted by Gasteiger charge is -2.10. The molecule has 7 heteroatoms. The first-order valence-electron chi connectivity index (χ1n) is 6.41. The van der Waals surface area contributed by atoms with E-state index < -0.39 is 0 Å². The van der Waals surface area contributed by atoms with Gasteiger partial charge >= 0.3 is 0 Å². The molecule has 1 aromatic carbocycles. The molecule has 5 nitrogen and oxygen atoms in total. The first-order valence-corrected chi connectivity index (χ1v) is 8.07.